The molecule has 0 saturated carbocycles. The summed E-state index contributed by atoms with van der Waals surface area (Å²) in [5.41, 5.74) is 0. The minimum Gasteiger partial charge on any atom is -0.462 e. The fourth-order valence-corrected chi connectivity index (χ4v) is 7.37. The number of hydrogen-bond donors (Lipinski definition) is 0. The van der Waals surface area contributed by atoms with Gasteiger partial charge < -0.3 is 14.2 Å². The number of carbonyl (C=O) groups is 3. The summed E-state index contributed by atoms with van der Waals surface area (Å²) in [6, 6.07) is 0. The minimum atomic E-state index is -0.798. The van der Waals surface area contributed by atoms with Gasteiger partial charge in [0.1, 0.15) is 13.2 Å². The lowest BCUT2D eigenvalue weighted by Crippen LogP contribution is -2.30. The van der Waals surface area contributed by atoms with Gasteiger partial charge in [0.05, 0.1) is 0 Å². The van der Waals surface area contributed by atoms with Crippen LogP contribution >= 0.6 is 0 Å². The molecule has 0 fully saturated rings. The molecule has 0 spiro atoms. The van der Waals surface area contributed by atoms with Gasteiger partial charge in [0.15, 0.2) is 6.10 Å². The van der Waals surface area contributed by atoms with E-state index in [1.807, 2.05) is 0 Å². The van der Waals surface area contributed by atoms with Gasteiger partial charge in [0.2, 0.25) is 0 Å². The lowest BCUT2D eigenvalue weighted by Gasteiger charge is -2.18. The topological polar surface area (TPSA) is 78.9 Å². The summed E-state index contributed by atoms with van der Waals surface area (Å²) >= 11 is 0. The Bertz CT molecular complexity index is 1150. The molecule has 1 atom stereocenters. The molecule has 0 aliphatic carbocycles. The van der Waals surface area contributed by atoms with Crippen LogP contribution in [0.3, 0.4) is 0 Å². The van der Waals surface area contributed by atoms with Crippen molar-refractivity contribution in [2.45, 2.75) is 271 Å². The normalized spacial score (nSPS) is 12.5. The van der Waals surface area contributed by atoms with Crippen LogP contribution < -0.4 is 0 Å². The first-order chi connectivity index (χ1) is 31.0. The highest BCUT2D eigenvalue weighted by Crippen LogP contribution is 2.14. The molecule has 0 N–H and O–H groups in total. The van der Waals surface area contributed by atoms with Crippen molar-refractivity contribution >= 4 is 17.9 Å². The molecule has 0 saturated heterocycles. The van der Waals surface area contributed by atoms with Crippen molar-refractivity contribution in [3.63, 3.8) is 0 Å². The summed E-state index contributed by atoms with van der Waals surface area (Å²) in [7, 11) is 0. The number of allylic oxidation sites excluding steroid dienone is 10. The van der Waals surface area contributed by atoms with Gasteiger partial charge in [0, 0.05) is 19.3 Å². The molecule has 0 rings (SSSR count). The van der Waals surface area contributed by atoms with Crippen LogP contribution in [0, 0.1) is 0 Å². The first kappa shape index (κ1) is 60.1. The predicted octanol–water partition coefficient (Wildman–Crippen LogP) is 17.6. The molecule has 0 radical (unpaired) electrons. The Morgan fingerprint density at radius 2 is 0.603 bits per heavy atom. The molecule has 0 aromatic heterocycles. The molecule has 0 aliphatic rings. The fourth-order valence-electron chi connectivity index (χ4n) is 7.37. The van der Waals surface area contributed by atoms with Crippen molar-refractivity contribution in [3.8, 4) is 0 Å². The number of esters is 3. The van der Waals surface area contributed by atoms with Gasteiger partial charge in [-0.05, 0) is 96.3 Å². The lowest BCUT2D eigenvalue weighted by molar-refractivity contribution is -0.167. The van der Waals surface area contributed by atoms with Crippen LogP contribution in [0.1, 0.15) is 265 Å². The Balaban J connectivity index is 4.43. The molecule has 0 heterocycles. The fraction of sp³-hybridized carbons (Fsp3) is 0.772. The van der Waals surface area contributed by atoms with Crippen molar-refractivity contribution < 1.29 is 28.6 Å². The van der Waals surface area contributed by atoms with Crippen molar-refractivity contribution in [3.05, 3.63) is 60.8 Å². The van der Waals surface area contributed by atoms with Crippen LogP contribution in [0.4, 0.5) is 0 Å². The maximum absolute atomic E-state index is 12.8. The van der Waals surface area contributed by atoms with E-state index in [2.05, 4.69) is 81.5 Å². The summed E-state index contributed by atoms with van der Waals surface area (Å²) in [5.74, 6) is -0.959. The molecular weight excluding hydrogens is 781 g/mol. The largest absolute Gasteiger partial charge is 0.462 e. The molecule has 6 heteroatoms. The van der Waals surface area contributed by atoms with Gasteiger partial charge in [-0.1, -0.05) is 210 Å². The molecular formula is C57H100O6. The molecule has 1 unspecified atom stereocenters. The zero-order valence-corrected chi connectivity index (χ0v) is 41.6. The van der Waals surface area contributed by atoms with Gasteiger partial charge in [-0.2, -0.15) is 0 Å². The third kappa shape index (κ3) is 50.0. The van der Waals surface area contributed by atoms with Crippen LogP contribution in [0.25, 0.3) is 0 Å². The molecule has 0 aliphatic heterocycles. The maximum atomic E-state index is 12.8. The Labute approximate surface area is 390 Å². The highest BCUT2D eigenvalue weighted by atomic mass is 16.6. The number of carbonyl (C=O) groups excluding carboxylic acids is 3. The molecule has 0 bridgehead atoms. The quantitative estimate of drug-likeness (QED) is 0.0262. The third-order valence-corrected chi connectivity index (χ3v) is 11.5. The Morgan fingerprint density at radius 3 is 1.02 bits per heavy atom. The van der Waals surface area contributed by atoms with Gasteiger partial charge in [0.25, 0.3) is 0 Å². The van der Waals surface area contributed by atoms with Crippen molar-refractivity contribution in [1.82, 2.24) is 0 Å². The number of rotatable bonds is 48. The molecule has 364 valence electrons. The number of ether oxygens (including phenoxy) is 3. The average molecular weight is 881 g/mol. The molecule has 0 amide bonds. The van der Waals surface area contributed by atoms with E-state index >= 15 is 0 Å². The van der Waals surface area contributed by atoms with E-state index < -0.39 is 6.10 Å². The van der Waals surface area contributed by atoms with Gasteiger partial charge >= 0.3 is 17.9 Å². The van der Waals surface area contributed by atoms with E-state index in [1.54, 1.807) is 0 Å². The van der Waals surface area contributed by atoms with E-state index in [4.69, 9.17) is 14.2 Å². The molecule has 0 aromatic carbocycles. The van der Waals surface area contributed by atoms with Crippen LogP contribution in [-0.4, -0.2) is 37.2 Å². The summed E-state index contributed by atoms with van der Waals surface area (Å²) in [4.78, 5) is 38.0. The second kappa shape index (κ2) is 51.7. The first-order valence-electron chi connectivity index (χ1n) is 26.8. The van der Waals surface area contributed by atoms with Crippen LogP contribution in [0.15, 0.2) is 60.8 Å². The molecule has 63 heavy (non-hydrogen) atoms. The maximum Gasteiger partial charge on any atom is 0.306 e. The standard InChI is InChI=1S/C57H100O6/c1-4-7-10-13-16-19-22-24-26-28-30-32-35-38-41-44-47-50-56(59)62-53-54(52-61-55(58)49-46-43-40-37-34-21-18-15-12-9-6-3)63-57(60)51-48-45-42-39-36-33-31-29-27-25-23-20-17-14-11-8-5-2/h15,18,24-27,30,32,38,41,54H,4-14,16-17,19-23,28-29,31,33-37,39-40,42-53H2,1-3H3/b18-15-,26-24-,27-25-,32-30-,41-38-. The SMILES string of the molecule is CCCC/C=C\CCCCCCCC(=O)OCC(COC(=O)CCC/C=C\C/C=C\C/C=C\CCCCCCCC)OC(=O)CCCCCCCCC/C=C\CCCCCCCC. The Hall–Kier alpha value is -2.89. The lowest BCUT2D eigenvalue weighted by atomic mass is 10.1. The molecule has 6 nitrogen and oxygen atoms in total. The first-order valence-corrected chi connectivity index (χ1v) is 26.8. The van der Waals surface area contributed by atoms with Gasteiger partial charge in [-0.15, -0.1) is 0 Å². The van der Waals surface area contributed by atoms with Crippen molar-refractivity contribution in [2.75, 3.05) is 13.2 Å². The van der Waals surface area contributed by atoms with E-state index in [9.17, 15) is 14.4 Å². The Kier molecular flexibility index (Phi) is 49.4. The van der Waals surface area contributed by atoms with Crippen molar-refractivity contribution in [2.24, 2.45) is 0 Å². The third-order valence-electron chi connectivity index (χ3n) is 11.5. The minimum absolute atomic E-state index is 0.0956. The van der Waals surface area contributed by atoms with E-state index in [0.29, 0.717) is 19.3 Å². The Morgan fingerprint density at radius 1 is 0.317 bits per heavy atom. The zero-order chi connectivity index (χ0) is 45.8. The van der Waals surface area contributed by atoms with E-state index in [1.165, 1.54) is 154 Å². The second-order valence-electron chi connectivity index (χ2n) is 17.8. The predicted molar refractivity (Wildman–Crippen MR) is 270 cm³/mol. The smallest absolute Gasteiger partial charge is 0.306 e. The highest BCUT2D eigenvalue weighted by molar-refractivity contribution is 5.71. The number of unbranched alkanes of at least 4 members (excludes halogenated alkanes) is 27. The van der Waals surface area contributed by atoms with E-state index in [-0.39, 0.29) is 37.5 Å². The summed E-state index contributed by atoms with van der Waals surface area (Å²) in [6.45, 7) is 6.54. The van der Waals surface area contributed by atoms with E-state index in [0.717, 1.165) is 64.2 Å². The highest BCUT2D eigenvalue weighted by Gasteiger charge is 2.19. The monoisotopic (exact) mass is 881 g/mol. The van der Waals surface area contributed by atoms with Crippen molar-refractivity contribution in [1.29, 1.82) is 0 Å². The molecule has 0 aromatic rings. The summed E-state index contributed by atoms with van der Waals surface area (Å²) in [6.07, 6.45) is 63.5. The second-order valence-corrected chi connectivity index (χ2v) is 17.8. The van der Waals surface area contributed by atoms with Gasteiger partial charge in [-0.3, -0.25) is 14.4 Å². The van der Waals surface area contributed by atoms with Gasteiger partial charge in [-0.25, -0.2) is 0 Å². The van der Waals surface area contributed by atoms with Crippen LogP contribution in [0.5, 0.6) is 0 Å². The number of hydrogen-bond acceptors (Lipinski definition) is 6. The van der Waals surface area contributed by atoms with Crippen LogP contribution in [-0.2, 0) is 28.6 Å². The average Bonchev–Trinajstić information content (AvgIpc) is 3.28. The zero-order valence-electron chi connectivity index (χ0n) is 41.6. The van der Waals surface area contributed by atoms with Crippen LogP contribution in [0.2, 0.25) is 0 Å². The summed E-state index contributed by atoms with van der Waals surface area (Å²) < 4.78 is 16.7. The summed E-state index contributed by atoms with van der Waals surface area (Å²) in [5, 5.41) is 0.